The summed E-state index contributed by atoms with van der Waals surface area (Å²) in [4.78, 5) is 0. The van der Waals surface area contributed by atoms with Crippen molar-refractivity contribution in [2.45, 2.75) is 70.8 Å². The molecule has 1 nitrogen and oxygen atoms in total. The Kier molecular flexibility index (Phi) is 3.07. The van der Waals surface area contributed by atoms with E-state index in [0.29, 0.717) is 5.41 Å². The van der Waals surface area contributed by atoms with Crippen molar-refractivity contribution in [1.29, 1.82) is 0 Å². The summed E-state index contributed by atoms with van der Waals surface area (Å²) in [6, 6.07) is 0. The van der Waals surface area contributed by atoms with E-state index >= 15 is 0 Å². The number of hydrogen-bond acceptors (Lipinski definition) is 1. The van der Waals surface area contributed by atoms with Crippen molar-refractivity contribution in [3.63, 3.8) is 0 Å². The van der Waals surface area contributed by atoms with Crippen molar-refractivity contribution in [3.8, 4) is 0 Å². The number of fused-ring (bicyclic) bond motifs is 4. The third kappa shape index (κ3) is 1.85. The van der Waals surface area contributed by atoms with Gasteiger partial charge in [-0.05, 0) is 92.8 Å². The monoisotopic (exact) mass is 274 g/mol. The Bertz CT molecular complexity index is 414. The highest BCUT2D eigenvalue weighted by Gasteiger charge is 2.53. The zero-order chi connectivity index (χ0) is 13.9. The van der Waals surface area contributed by atoms with Crippen LogP contribution in [0.2, 0.25) is 0 Å². The minimum atomic E-state index is 0.00733. The van der Waals surface area contributed by atoms with Gasteiger partial charge in [0.1, 0.15) is 0 Å². The van der Waals surface area contributed by atoms with Crippen LogP contribution in [0.5, 0.6) is 0 Å². The first-order chi connectivity index (χ1) is 9.58. The Hall–Kier alpha value is -0.300. The summed E-state index contributed by atoms with van der Waals surface area (Å²) in [5.74, 6) is 4.64. The molecule has 0 aromatic carbocycles. The van der Waals surface area contributed by atoms with E-state index in [0.717, 1.165) is 42.4 Å². The Labute approximate surface area is 123 Å². The summed E-state index contributed by atoms with van der Waals surface area (Å²) in [6.45, 7) is 6.92. The van der Waals surface area contributed by atoms with Gasteiger partial charge < -0.3 is 5.11 Å². The molecule has 1 heteroatoms. The molecule has 4 rings (SSSR count). The molecule has 4 aliphatic carbocycles. The van der Waals surface area contributed by atoms with Gasteiger partial charge in [0.15, 0.2) is 0 Å². The molecule has 7 atom stereocenters. The zero-order valence-corrected chi connectivity index (χ0v) is 13.0. The van der Waals surface area contributed by atoms with Crippen LogP contribution in [0.4, 0.5) is 0 Å². The van der Waals surface area contributed by atoms with Gasteiger partial charge in [-0.3, -0.25) is 0 Å². The Balaban J connectivity index is 1.56. The van der Waals surface area contributed by atoms with E-state index in [-0.39, 0.29) is 6.10 Å². The lowest BCUT2D eigenvalue weighted by molar-refractivity contribution is -0.0507. The predicted octanol–water partition coefficient (Wildman–Crippen LogP) is 4.56. The van der Waals surface area contributed by atoms with Crippen LogP contribution < -0.4 is 0 Å². The van der Waals surface area contributed by atoms with Crippen LogP contribution in [0.3, 0.4) is 0 Å². The first-order valence-electron chi connectivity index (χ1n) is 8.94. The molecule has 0 radical (unpaired) electrons. The third-order valence-corrected chi connectivity index (χ3v) is 7.82. The molecule has 4 aliphatic rings. The van der Waals surface area contributed by atoms with Gasteiger partial charge in [-0.15, -0.1) is 0 Å². The highest BCUT2D eigenvalue weighted by Crippen LogP contribution is 2.62. The molecule has 112 valence electrons. The van der Waals surface area contributed by atoms with Crippen LogP contribution in [-0.2, 0) is 0 Å². The third-order valence-electron chi connectivity index (χ3n) is 7.82. The second-order valence-corrected chi connectivity index (χ2v) is 8.59. The smallest absolute Gasteiger partial charge is 0.0543 e. The quantitative estimate of drug-likeness (QED) is 0.642. The normalized spacial score (nSPS) is 55.0. The maximum absolute atomic E-state index is 9.96. The maximum atomic E-state index is 9.96. The van der Waals surface area contributed by atoms with Crippen LogP contribution >= 0.6 is 0 Å². The number of rotatable bonds is 0. The second kappa shape index (κ2) is 4.60. The summed E-state index contributed by atoms with van der Waals surface area (Å²) >= 11 is 0. The molecular weight excluding hydrogens is 244 g/mol. The summed E-state index contributed by atoms with van der Waals surface area (Å²) in [5, 5.41) is 9.96. The molecule has 0 unspecified atom stereocenters. The van der Waals surface area contributed by atoms with Gasteiger partial charge in [-0.25, -0.2) is 0 Å². The molecule has 0 heterocycles. The van der Waals surface area contributed by atoms with Gasteiger partial charge in [-0.2, -0.15) is 0 Å². The van der Waals surface area contributed by atoms with Gasteiger partial charge in [0.25, 0.3) is 0 Å². The van der Waals surface area contributed by atoms with Crippen LogP contribution in [0.1, 0.15) is 64.7 Å². The van der Waals surface area contributed by atoms with Crippen LogP contribution in [0, 0.1) is 35.0 Å². The lowest BCUT2D eigenvalue weighted by Gasteiger charge is -2.54. The van der Waals surface area contributed by atoms with Gasteiger partial charge in [-0.1, -0.05) is 19.1 Å². The van der Waals surface area contributed by atoms with E-state index in [9.17, 15) is 5.11 Å². The van der Waals surface area contributed by atoms with E-state index in [1.165, 1.54) is 44.9 Å². The van der Waals surface area contributed by atoms with E-state index < -0.39 is 0 Å². The highest BCUT2D eigenvalue weighted by atomic mass is 16.3. The molecule has 4 fully saturated rings. The van der Waals surface area contributed by atoms with Gasteiger partial charge in [0, 0.05) is 0 Å². The molecule has 0 bridgehead atoms. The highest BCUT2D eigenvalue weighted by molar-refractivity contribution is 5.20. The summed E-state index contributed by atoms with van der Waals surface area (Å²) in [6.07, 6.45) is 11.9. The molecule has 20 heavy (non-hydrogen) atoms. The largest absolute Gasteiger partial charge is 0.393 e. The molecule has 0 amide bonds. The molecule has 4 saturated carbocycles. The zero-order valence-electron chi connectivity index (χ0n) is 13.0. The van der Waals surface area contributed by atoms with Crippen LogP contribution in [-0.4, -0.2) is 11.2 Å². The first-order valence-corrected chi connectivity index (χ1v) is 8.94. The first kappa shape index (κ1) is 13.4. The van der Waals surface area contributed by atoms with Gasteiger partial charge >= 0.3 is 0 Å². The van der Waals surface area contributed by atoms with Crippen molar-refractivity contribution >= 4 is 0 Å². The van der Waals surface area contributed by atoms with Crippen molar-refractivity contribution in [3.05, 3.63) is 12.2 Å². The Morgan fingerprint density at radius 2 is 1.80 bits per heavy atom. The predicted molar refractivity (Wildman–Crippen MR) is 82.3 cm³/mol. The fourth-order valence-corrected chi connectivity index (χ4v) is 6.57. The lowest BCUT2D eigenvalue weighted by Crippen LogP contribution is -2.46. The average molecular weight is 274 g/mol. The van der Waals surface area contributed by atoms with Crippen molar-refractivity contribution in [1.82, 2.24) is 0 Å². The van der Waals surface area contributed by atoms with Gasteiger partial charge in [0.05, 0.1) is 6.10 Å². The van der Waals surface area contributed by atoms with Crippen LogP contribution in [0.15, 0.2) is 12.2 Å². The number of aliphatic hydroxyl groups is 1. The molecule has 1 N–H and O–H groups in total. The summed E-state index contributed by atoms with van der Waals surface area (Å²) < 4.78 is 0. The van der Waals surface area contributed by atoms with E-state index in [1.807, 2.05) is 0 Å². The molecule has 0 saturated heterocycles. The fraction of sp³-hybridized carbons (Fsp3) is 0.895. The van der Waals surface area contributed by atoms with Crippen molar-refractivity contribution in [2.24, 2.45) is 35.0 Å². The molecule has 0 spiro atoms. The van der Waals surface area contributed by atoms with Crippen molar-refractivity contribution < 1.29 is 5.11 Å². The van der Waals surface area contributed by atoms with Crippen LogP contribution in [0.25, 0.3) is 0 Å². The molecule has 0 aromatic heterocycles. The Morgan fingerprint density at radius 3 is 2.65 bits per heavy atom. The van der Waals surface area contributed by atoms with Crippen molar-refractivity contribution in [2.75, 3.05) is 0 Å². The topological polar surface area (TPSA) is 20.2 Å². The van der Waals surface area contributed by atoms with E-state index in [1.54, 1.807) is 5.57 Å². The van der Waals surface area contributed by atoms with Gasteiger partial charge in [0.2, 0.25) is 0 Å². The fourth-order valence-electron chi connectivity index (χ4n) is 6.57. The minimum Gasteiger partial charge on any atom is -0.393 e. The van der Waals surface area contributed by atoms with E-state index in [2.05, 4.69) is 13.5 Å². The molecule has 0 aromatic rings. The van der Waals surface area contributed by atoms with E-state index in [4.69, 9.17) is 0 Å². The number of allylic oxidation sites excluding steroid dienone is 1. The average Bonchev–Trinajstić information content (AvgIpc) is 2.71. The molecule has 0 aliphatic heterocycles. The SMILES string of the molecule is C=C1CC[C@@H]2C[C@H]3[C@@H](CC[C@H]4C[C@H](O)CC[C@@H]43)C[C@@]12C. The second-order valence-electron chi connectivity index (χ2n) is 8.59. The number of hydrogen-bond donors (Lipinski definition) is 1. The number of aliphatic hydroxyl groups excluding tert-OH is 1. The Morgan fingerprint density at radius 1 is 1.00 bits per heavy atom. The standard InChI is InChI=1S/C19H30O/c1-12-3-6-15-10-18-14(11-19(12,15)2)5-4-13-9-16(20)7-8-17(13)18/h13-18,20H,1,3-11H2,2H3/t13-,14-,15+,16+,17-,18-,19-/m0/s1. The summed E-state index contributed by atoms with van der Waals surface area (Å²) in [7, 11) is 0. The maximum Gasteiger partial charge on any atom is 0.0543 e. The minimum absolute atomic E-state index is 0.00733. The summed E-state index contributed by atoms with van der Waals surface area (Å²) in [5.41, 5.74) is 2.03. The lowest BCUT2D eigenvalue weighted by atomic mass is 9.51. The molecular formula is C19H30O.